The van der Waals surface area contributed by atoms with Crippen LogP contribution in [0.15, 0.2) is 36.7 Å². The Hall–Kier alpha value is -3.28. The number of hydrogen-bond donors (Lipinski definition) is 3. The third-order valence-electron chi connectivity index (χ3n) is 4.73. The molecule has 2 unspecified atom stereocenters. The molecular weight excluding hydrogens is 434 g/mol. The number of amides is 2. The predicted octanol–water partition coefficient (Wildman–Crippen LogP) is 2.50. The minimum absolute atomic E-state index is 0.146. The average molecular weight is 455 g/mol. The molecule has 1 fully saturated rings. The van der Waals surface area contributed by atoms with Gasteiger partial charge in [0, 0.05) is 12.4 Å². The first-order chi connectivity index (χ1) is 15.0. The van der Waals surface area contributed by atoms with Crippen molar-refractivity contribution in [3.05, 3.63) is 53.9 Å². The summed E-state index contributed by atoms with van der Waals surface area (Å²) < 4.78 is 54.9. The zero-order chi connectivity index (χ0) is 23.5. The molecule has 172 valence electrons. The molecule has 1 aliphatic rings. The number of alkyl halides is 3. The first-order valence-electron chi connectivity index (χ1n) is 9.71. The Morgan fingerprint density at radius 3 is 2.53 bits per heavy atom. The van der Waals surface area contributed by atoms with Gasteiger partial charge in [-0.3, -0.25) is 14.9 Å². The molecule has 2 amide bonds. The number of carbonyl (C=O) groups excluding carboxylic acids is 2. The van der Waals surface area contributed by atoms with Crippen LogP contribution in [0, 0.1) is 11.7 Å². The zero-order valence-electron chi connectivity index (χ0n) is 17.1. The zero-order valence-corrected chi connectivity index (χ0v) is 17.1. The maximum Gasteiger partial charge on any atom is 0.573 e. The fourth-order valence-electron chi connectivity index (χ4n) is 3.28. The lowest BCUT2D eigenvalue weighted by atomic mass is 9.95. The number of nitrogens with one attached hydrogen (secondary N) is 3. The summed E-state index contributed by atoms with van der Waals surface area (Å²) in [5.74, 6) is -3.06. The summed E-state index contributed by atoms with van der Waals surface area (Å²) in [6.45, 7) is 3.51. The maximum atomic E-state index is 14.2. The van der Waals surface area contributed by atoms with Crippen LogP contribution in [-0.2, 0) is 9.59 Å². The van der Waals surface area contributed by atoms with Crippen LogP contribution in [0.1, 0.15) is 43.9 Å². The van der Waals surface area contributed by atoms with Crippen LogP contribution in [0.5, 0.6) is 5.75 Å². The van der Waals surface area contributed by atoms with Crippen molar-refractivity contribution in [3.8, 4) is 5.75 Å². The smallest absolute Gasteiger partial charge is 0.403 e. The molecule has 1 aromatic heterocycles. The third-order valence-corrected chi connectivity index (χ3v) is 4.73. The number of benzene rings is 1. The standard InChI is InChI=1S/C20H21F4N5O3/c1-10(2)16(11-4-5-14(12(21)8-11)32-20(22,23)24)29-19(31)13-9-15(30)28-18(27-13)17-25-6-3-7-26-17/h3-8,10,13,16,18,27H,9H2,1-2H3,(H,28,30)(H,29,31)/t13?,16-,18?/m1/s1. The molecule has 3 rings (SSSR count). The molecule has 12 heteroatoms. The molecule has 0 spiro atoms. The Bertz CT molecular complexity index is 971. The number of rotatable bonds is 6. The van der Waals surface area contributed by atoms with E-state index < -0.39 is 42.1 Å². The molecule has 2 aromatic rings. The van der Waals surface area contributed by atoms with Crippen molar-refractivity contribution in [3.63, 3.8) is 0 Å². The summed E-state index contributed by atoms with van der Waals surface area (Å²) in [5.41, 5.74) is 0.253. The first kappa shape index (κ1) is 23.4. The van der Waals surface area contributed by atoms with E-state index in [-0.39, 0.29) is 29.6 Å². The SMILES string of the molecule is CC(C)[C@@H](NC(=O)C1CC(=O)NC(c2ncccn2)N1)c1ccc(OC(F)(F)F)c(F)c1. The van der Waals surface area contributed by atoms with Crippen LogP contribution in [0.3, 0.4) is 0 Å². The highest BCUT2D eigenvalue weighted by molar-refractivity contribution is 5.89. The number of nitrogens with zero attached hydrogens (tertiary/aromatic N) is 2. The minimum Gasteiger partial charge on any atom is -0.403 e. The van der Waals surface area contributed by atoms with E-state index >= 15 is 0 Å². The third kappa shape index (κ3) is 5.90. The predicted molar refractivity (Wildman–Crippen MR) is 103 cm³/mol. The fraction of sp³-hybridized carbons (Fsp3) is 0.400. The molecule has 0 saturated carbocycles. The van der Waals surface area contributed by atoms with E-state index in [1.807, 2.05) is 0 Å². The van der Waals surface area contributed by atoms with Gasteiger partial charge in [0.05, 0.1) is 18.5 Å². The van der Waals surface area contributed by atoms with Crippen LogP contribution in [0.2, 0.25) is 0 Å². The van der Waals surface area contributed by atoms with Gasteiger partial charge in [-0.15, -0.1) is 13.2 Å². The summed E-state index contributed by atoms with van der Waals surface area (Å²) in [6, 6.07) is 2.95. The van der Waals surface area contributed by atoms with Crippen LogP contribution in [0.4, 0.5) is 17.6 Å². The van der Waals surface area contributed by atoms with Crippen molar-refractivity contribution in [1.82, 2.24) is 25.9 Å². The van der Waals surface area contributed by atoms with Gasteiger partial charge in [0.2, 0.25) is 11.8 Å². The van der Waals surface area contributed by atoms with Gasteiger partial charge in [-0.05, 0) is 29.7 Å². The van der Waals surface area contributed by atoms with Crippen molar-refractivity contribution in [1.29, 1.82) is 0 Å². The van der Waals surface area contributed by atoms with Crippen LogP contribution in [0.25, 0.3) is 0 Å². The Labute approximate surface area is 180 Å². The van der Waals surface area contributed by atoms with E-state index in [1.54, 1.807) is 19.9 Å². The fourth-order valence-corrected chi connectivity index (χ4v) is 3.28. The van der Waals surface area contributed by atoms with E-state index in [1.165, 1.54) is 18.5 Å². The molecular formula is C20H21F4N5O3. The molecule has 0 radical (unpaired) electrons. The Balaban J connectivity index is 1.75. The molecule has 1 saturated heterocycles. The Morgan fingerprint density at radius 2 is 1.94 bits per heavy atom. The Morgan fingerprint density at radius 1 is 1.25 bits per heavy atom. The van der Waals surface area contributed by atoms with Gasteiger partial charge in [-0.1, -0.05) is 19.9 Å². The van der Waals surface area contributed by atoms with E-state index in [9.17, 15) is 27.2 Å². The monoisotopic (exact) mass is 455 g/mol. The summed E-state index contributed by atoms with van der Waals surface area (Å²) in [7, 11) is 0. The van der Waals surface area contributed by atoms with Gasteiger partial charge in [0.25, 0.3) is 0 Å². The van der Waals surface area contributed by atoms with Gasteiger partial charge in [0.15, 0.2) is 17.4 Å². The van der Waals surface area contributed by atoms with E-state index in [0.29, 0.717) is 0 Å². The van der Waals surface area contributed by atoms with Gasteiger partial charge >= 0.3 is 6.36 Å². The summed E-state index contributed by atoms with van der Waals surface area (Å²) >= 11 is 0. The molecule has 2 heterocycles. The van der Waals surface area contributed by atoms with Crippen molar-refractivity contribution in [2.45, 2.75) is 44.9 Å². The van der Waals surface area contributed by atoms with Gasteiger partial charge < -0.3 is 15.4 Å². The van der Waals surface area contributed by atoms with Crippen molar-refractivity contribution < 1.29 is 31.9 Å². The average Bonchev–Trinajstić information content (AvgIpc) is 2.72. The molecule has 0 aliphatic carbocycles. The van der Waals surface area contributed by atoms with Crippen LogP contribution < -0.4 is 20.7 Å². The van der Waals surface area contributed by atoms with Crippen LogP contribution in [-0.4, -0.2) is 34.2 Å². The molecule has 32 heavy (non-hydrogen) atoms. The largest absolute Gasteiger partial charge is 0.573 e. The normalized spacial score (nSPS) is 19.9. The van der Waals surface area contributed by atoms with Crippen molar-refractivity contribution in [2.75, 3.05) is 0 Å². The minimum atomic E-state index is -5.03. The van der Waals surface area contributed by atoms with E-state index in [0.717, 1.165) is 12.1 Å². The topological polar surface area (TPSA) is 105 Å². The molecule has 1 aromatic carbocycles. The lowest BCUT2D eigenvalue weighted by molar-refractivity contribution is -0.275. The summed E-state index contributed by atoms with van der Waals surface area (Å²) in [6.07, 6.45) is -2.96. The molecule has 0 bridgehead atoms. The van der Waals surface area contributed by atoms with Gasteiger partial charge in [-0.2, -0.15) is 0 Å². The number of ether oxygens (including phenoxy) is 1. The second kappa shape index (κ2) is 9.47. The second-order valence-electron chi connectivity index (χ2n) is 7.50. The molecule has 3 atom stereocenters. The number of aromatic nitrogens is 2. The van der Waals surface area contributed by atoms with Crippen LogP contribution >= 0.6 is 0 Å². The lowest BCUT2D eigenvalue weighted by Gasteiger charge is -2.32. The second-order valence-corrected chi connectivity index (χ2v) is 7.50. The van der Waals surface area contributed by atoms with Crippen molar-refractivity contribution in [2.24, 2.45) is 5.92 Å². The van der Waals surface area contributed by atoms with Crippen molar-refractivity contribution >= 4 is 11.8 Å². The molecule has 8 nitrogen and oxygen atoms in total. The first-order valence-corrected chi connectivity index (χ1v) is 9.71. The molecule has 3 N–H and O–H groups in total. The number of halogens is 4. The number of carbonyl (C=O) groups is 2. The summed E-state index contributed by atoms with van der Waals surface area (Å²) in [5, 5.41) is 8.34. The van der Waals surface area contributed by atoms with Gasteiger partial charge in [0.1, 0.15) is 6.17 Å². The quantitative estimate of drug-likeness (QED) is 0.579. The van der Waals surface area contributed by atoms with E-state index in [2.05, 4.69) is 30.7 Å². The molecule has 1 aliphatic heterocycles. The van der Waals surface area contributed by atoms with Gasteiger partial charge in [-0.25, -0.2) is 14.4 Å². The number of hydrogen-bond acceptors (Lipinski definition) is 6. The highest BCUT2D eigenvalue weighted by Gasteiger charge is 2.35. The Kier molecular flexibility index (Phi) is 6.92. The highest BCUT2D eigenvalue weighted by Crippen LogP contribution is 2.30. The highest BCUT2D eigenvalue weighted by atomic mass is 19.4. The van der Waals surface area contributed by atoms with E-state index in [4.69, 9.17) is 0 Å². The summed E-state index contributed by atoms with van der Waals surface area (Å²) in [4.78, 5) is 33.1. The maximum absolute atomic E-state index is 14.2. The lowest BCUT2D eigenvalue weighted by Crippen LogP contribution is -2.57.